The van der Waals surface area contributed by atoms with Crippen molar-refractivity contribution in [2.75, 3.05) is 32.1 Å². The lowest BCUT2D eigenvalue weighted by Crippen LogP contribution is -2.46. The smallest absolute Gasteiger partial charge is 0.220 e. The first-order valence-electron chi connectivity index (χ1n) is 9.27. The summed E-state index contributed by atoms with van der Waals surface area (Å²) >= 11 is 1.57. The van der Waals surface area contributed by atoms with Gasteiger partial charge in [0.1, 0.15) is 5.00 Å². The molecule has 1 aromatic heterocycles. The van der Waals surface area contributed by atoms with E-state index in [4.69, 9.17) is 4.74 Å². The SMILES string of the molecule is COc1cc(C(CNc2cnc(C)s2)P2(=O)NCC(C)(C)CN2)cc(C)c1O. The molecule has 1 aliphatic rings. The number of phenols is 1. The van der Waals surface area contributed by atoms with Gasteiger partial charge in [-0.1, -0.05) is 19.9 Å². The zero-order valence-corrected chi connectivity index (χ0v) is 18.7. The number of nitrogens with one attached hydrogen (secondary N) is 3. The van der Waals surface area contributed by atoms with Crippen molar-refractivity contribution in [1.29, 1.82) is 0 Å². The lowest BCUT2D eigenvalue weighted by atomic mass is 9.94. The van der Waals surface area contributed by atoms with Gasteiger partial charge in [-0.3, -0.25) is 14.7 Å². The molecule has 2 aromatic rings. The summed E-state index contributed by atoms with van der Waals surface area (Å²) in [5.74, 6) is 0.498. The number of aromatic nitrogens is 1. The van der Waals surface area contributed by atoms with Crippen LogP contribution in [-0.4, -0.2) is 36.8 Å². The molecule has 0 radical (unpaired) electrons. The maximum atomic E-state index is 13.9. The lowest BCUT2D eigenvalue weighted by Gasteiger charge is -2.40. The maximum absolute atomic E-state index is 13.9. The van der Waals surface area contributed by atoms with Crippen molar-refractivity contribution in [2.45, 2.75) is 33.4 Å². The molecule has 3 rings (SSSR count). The molecule has 1 atom stereocenters. The van der Waals surface area contributed by atoms with Crippen molar-refractivity contribution in [3.63, 3.8) is 0 Å². The van der Waals surface area contributed by atoms with E-state index in [1.54, 1.807) is 23.6 Å². The second-order valence-corrected chi connectivity index (χ2v) is 11.8. The second-order valence-electron chi connectivity index (χ2n) is 8.02. The number of rotatable bonds is 6. The summed E-state index contributed by atoms with van der Waals surface area (Å²) in [6, 6.07) is 3.65. The van der Waals surface area contributed by atoms with E-state index >= 15 is 0 Å². The zero-order valence-electron chi connectivity index (χ0n) is 17.0. The molecule has 1 unspecified atom stereocenters. The molecule has 9 heteroatoms. The Bertz CT molecular complexity index is 885. The fraction of sp³-hybridized carbons (Fsp3) is 0.526. The fourth-order valence-corrected chi connectivity index (χ4v) is 6.70. The molecule has 0 saturated carbocycles. The third-order valence-corrected chi connectivity index (χ3v) is 8.49. The van der Waals surface area contributed by atoms with Gasteiger partial charge < -0.3 is 15.2 Å². The molecule has 7 nitrogen and oxygen atoms in total. The van der Waals surface area contributed by atoms with Crippen LogP contribution in [0.5, 0.6) is 11.5 Å². The highest BCUT2D eigenvalue weighted by atomic mass is 32.1. The molecule has 0 aliphatic carbocycles. The average Bonchev–Trinajstić information content (AvgIpc) is 3.06. The first-order chi connectivity index (χ1) is 13.1. The normalized spacial score (nSPS) is 19.2. The van der Waals surface area contributed by atoms with Gasteiger partial charge >= 0.3 is 0 Å². The molecule has 28 heavy (non-hydrogen) atoms. The molecular formula is C19H29N4O3PS. The van der Waals surface area contributed by atoms with Crippen molar-refractivity contribution >= 4 is 23.8 Å². The first-order valence-corrected chi connectivity index (χ1v) is 11.9. The van der Waals surface area contributed by atoms with Gasteiger partial charge in [-0.2, -0.15) is 0 Å². The Morgan fingerprint density at radius 1 is 1.36 bits per heavy atom. The molecular weight excluding hydrogens is 395 g/mol. The van der Waals surface area contributed by atoms with E-state index in [-0.39, 0.29) is 16.8 Å². The summed E-state index contributed by atoms with van der Waals surface area (Å²) in [5, 5.41) is 22.1. The van der Waals surface area contributed by atoms with Crippen LogP contribution < -0.4 is 20.2 Å². The number of hydrogen-bond donors (Lipinski definition) is 4. The van der Waals surface area contributed by atoms with Crippen LogP contribution in [0, 0.1) is 19.3 Å². The van der Waals surface area contributed by atoms with Gasteiger partial charge in [0.15, 0.2) is 11.5 Å². The Kier molecular flexibility index (Phi) is 6.05. The van der Waals surface area contributed by atoms with E-state index in [0.29, 0.717) is 30.9 Å². The molecule has 0 amide bonds. The quantitative estimate of drug-likeness (QED) is 0.520. The van der Waals surface area contributed by atoms with E-state index in [1.165, 1.54) is 7.11 Å². The van der Waals surface area contributed by atoms with Crippen LogP contribution in [-0.2, 0) is 4.57 Å². The van der Waals surface area contributed by atoms with Gasteiger partial charge in [-0.15, -0.1) is 11.3 Å². The van der Waals surface area contributed by atoms with Crippen molar-refractivity contribution < 1.29 is 14.4 Å². The van der Waals surface area contributed by atoms with Crippen LogP contribution in [0.25, 0.3) is 0 Å². The van der Waals surface area contributed by atoms with E-state index in [1.807, 2.05) is 19.9 Å². The third kappa shape index (κ3) is 4.51. The number of ether oxygens (including phenoxy) is 1. The minimum Gasteiger partial charge on any atom is -0.504 e. The Morgan fingerprint density at radius 3 is 2.61 bits per heavy atom. The third-order valence-electron chi connectivity index (χ3n) is 5.01. The molecule has 0 bridgehead atoms. The predicted octanol–water partition coefficient (Wildman–Crippen LogP) is 4.04. The van der Waals surface area contributed by atoms with Crippen molar-refractivity contribution in [2.24, 2.45) is 5.41 Å². The predicted molar refractivity (Wildman–Crippen MR) is 115 cm³/mol. The summed E-state index contributed by atoms with van der Waals surface area (Å²) in [7, 11) is -1.42. The molecule has 1 fully saturated rings. The summed E-state index contributed by atoms with van der Waals surface area (Å²) in [5.41, 5.74) is 1.24. The number of phenolic OH excluding ortho intramolecular Hbond substituents is 1. The molecule has 154 valence electrons. The standard InChI is InChI=1S/C19H29N4O3PS/c1-12-6-14(7-15(26-5)18(12)24)16(8-21-17-9-20-13(2)28-17)27(25)22-10-19(3,4)11-23-27/h6-7,9,16,21,24H,8,10-11H2,1-5H3,(H2,22,23,25). The molecule has 2 heterocycles. The number of hydrogen-bond acceptors (Lipinski definition) is 6. The highest BCUT2D eigenvalue weighted by Gasteiger charge is 2.40. The monoisotopic (exact) mass is 424 g/mol. The summed E-state index contributed by atoms with van der Waals surface area (Å²) in [4.78, 5) is 4.27. The van der Waals surface area contributed by atoms with E-state index in [9.17, 15) is 9.67 Å². The number of aryl methyl sites for hydroxylation is 2. The minimum absolute atomic E-state index is 0.0310. The topological polar surface area (TPSA) is 95.5 Å². The van der Waals surface area contributed by atoms with E-state index in [0.717, 1.165) is 15.6 Å². The number of thiazole rings is 1. The van der Waals surface area contributed by atoms with Crippen LogP contribution in [0.15, 0.2) is 18.3 Å². The Labute approximate surface area is 170 Å². The van der Waals surface area contributed by atoms with Crippen LogP contribution >= 0.6 is 18.8 Å². The van der Waals surface area contributed by atoms with Gasteiger partial charge in [0, 0.05) is 19.6 Å². The second kappa shape index (κ2) is 8.03. The van der Waals surface area contributed by atoms with E-state index < -0.39 is 7.44 Å². The Hall–Kier alpha value is -1.60. The number of methoxy groups -OCH3 is 1. The molecule has 1 saturated heterocycles. The Balaban J connectivity index is 1.94. The van der Waals surface area contributed by atoms with Gasteiger partial charge in [-0.25, -0.2) is 4.98 Å². The van der Waals surface area contributed by atoms with Gasteiger partial charge in [-0.05, 0) is 36.5 Å². The maximum Gasteiger partial charge on any atom is 0.220 e. The van der Waals surface area contributed by atoms with Gasteiger partial charge in [0.05, 0.1) is 24.0 Å². The van der Waals surface area contributed by atoms with Crippen molar-refractivity contribution in [1.82, 2.24) is 15.2 Å². The minimum atomic E-state index is -2.94. The van der Waals surface area contributed by atoms with Crippen LogP contribution in [0.3, 0.4) is 0 Å². The van der Waals surface area contributed by atoms with E-state index in [2.05, 4.69) is 34.3 Å². The van der Waals surface area contributed by atoms with Crippen LogP contribution in [0.4, 0.5) is 5.00 Å². The molecule has 4 N–H and O–H groups in total. The molecule has 1 aromatic carbocycles. The molecule has 0 spiro atoms. The summed E-state index contributed by atoms with van der Waals surface area (Å²) in [6.07, 6.45) is 1.79. The van der Waals surface area contributed by atoms with Crippen molar-refractivity contribution in [3.05, 3.63) is 34.5 Å². The first kappa shape index (κ1) is 21.1. The van der Waals surface area contributed by atoms with Gasteiger partial charge in [0.25, 0.3) is 0 Å². The zero-order chi connectivity index (χ0) is 20.5. The summed E-state index contributed by atoms with van der Waals surface area (Å²) < 4.78 is 19.2. The number of nitrogens with zero attached hydrogens (tertiary/aromatic N) is 1. The van der Waals surface area contributed by atoms with Crippen LogP contribution in [0.1, 0.15) is 35.6 Å². The van der Waals surface area contributed by atoms with Gasteiger partial charge in [0.2, 0.25) is 7.44 Å². The summed E-state index contributed by atoms with van der Waals surface area (Å²) in [6.45, 7) is 9.85. The highest BCUT2D eigenvalue weighted by molar-refractivity contribution is 7.60. The largest absolute Gasteiger partial charge is 0.504 e. The van der Waals surface area contributed by atoms with Crippen molar-refractivity contribution in [3.8, 4) is 11.5 Å². The lowest BCUT2D eigenvalue weighted by molar-refractivity contribution is 0.335. The highest BCUT2D eigenvalue weighted by Crippen LogP contribution is 2.55. The number of aromatic hydroxyl groups is 1. The average molecular weight is 425 g/mol. The Morgan fingerprint density at radius 2 is 2.04 bits per heavy atom. The fourth-order valence-electron chi connectivity index (χ4n) is 3.22. The number of anilines is 1. The number of benzene rings is 1. The molecule has 1 aliphatic heterocycles. The van der Waals surface area contributed by atoms with Crippen LogP contribution in [0.2, 0.25) is 0 Å².